The van der Waals surface area contributed by atoms with Crippen molar-refractivity contribution in [1.29, 1.82) is 0 Å². The summed E-state index contributed by atoms with van der Waals surface area (Å²) in [6.45, 7) is 8.69. The minimum absolute atomic E-state index is 0.0156. The molecule has 324 valence electrons. The number of pyridine rings is 1. The number of hydrogen-bond acceptors (Lipinski definition) is 12. The molecule has 1 fully saturated rings. The molecule has 0 saturated carbocycles. The van der Waals surface area contributed by atoms with Crippen LogP contribution in [0.15, 0.2) is 90.6 Å². The average Bonchev–Trinajstić information content (AvgIpc) is 4.00. The highest BCUT2D eigenvalue weighted by Crippen LogP contribution is 2.33. The van der Waals surface area contributed by atoms with E-state index < -0.39 is 35.4 Å². The second kappa shape index (κ2) is 20.0. The van der Waals surface area contributed by atoms with Crippen LogP contribution in [-0.4, -0.2) is 100 Å². The quantitative estimate of drug-likeness (QED) is 0.0712. The molecule has 0 spiro atoms. The van der Waals surface area contributed by atoms with Gasteiger partial charge < -0.3 is 35.4 Å². The molecule has 3 aromatic carbocycles. The van der Waals surface area contributed by atoms with Gasteiger partial charge in [0, 0.05) is 37.8 Å². The number of amides is 3. The highest BCUT2D eigenvalue weighted by molar-refractivity contribution is 7.21. The molecule has 1 aliphatic rings. The summed E-state index contributed by atoms with van der Waals surface area (Å²) in [6.07, 6.45) is 0.966. The molecular formula is C46H50FN7O6S2. The number of thiazole rings is 2. The highest BCUT2D eigenvalue weighted by Gasteiger charge is 2.44. The lowest BCUT2D eigenvalue weighted by atomic mass is 9.85. The van der Waals surface area contributed by atoms with Gasteiger partial charge in [0.15, 0.2) is 0 Å². The molecule has 1 unspecified atom stereocenters. The Morgan fingerprint density at radius 1 is 0.919 bits per heavy atom. The number of nitrogens with zero attached hydrogens (tertiary/aromatic N) is 4. The topological polar surface area (TPSA) is 168 Å². The lowest BCUT2D eigenvalue weighted by Crippen LogP contribution is -2.58. The van der Waals surface area contributed by atoms with E-state index in [1.165, 1.54) is 28.4 Å². The molecule has 0 bridgehead atoms. The number of β-amino-alcohol motifs (C(OH)–C–C–N with tert-alkyl or cyclic N) is 1. The van der Waals surface area contributed by atoms with Crippen LogP contribution in [0.1, 0.15) is 38.4 Å². The van der Waals surface area contributed by atoms with E-state index in [0.717, 1.165) is 53.6 Å². The Balaban J connectivity index is 0.815. The first-order valence-corrected chi connectivity index (χ1v) is 22.1. The molecule has 4 N–H and O–H groups in total. The number of halogens is 1. The van der Waals surface area contributed by atoms with Gasteiger partial charge in [-0.15, -0.1) is 22.7 Å². The van der Waals surface area contributed by atoms with Gasteiger partial charge in [0.05, 0.1) is 52.2 Å². The predicted octanol–water partition coefficient (Wildman–Crippen LogP) is 6.85. The van der Waals surface area contributed by atoms with Crippen LogP contribution in [0, 0.1) is 18.2 Å². The normalized spacial score (nSPS) is 15.7. The number of aliphatic hydroxyl groups is 1. The number of benzene rings is 3. The predicted molar refractivity (Wildman–Crippen MR) is 240 cm³/mol. The van der Waals surface area contributed by atoms with Crippen LogP contribution in [0.5, 0.6) is 0 Å². The number of hydrogen-bond donors (Lipinski definition) is 4. The Kier molecular flexibility index (Phi) is 14.3. The summed E-state index contributed by atoms with van der Waals surface area (Å²) in [7, 11) is 0. The number of likely N-dealkylation sites (tertiary alicyclic amines) is 1. The lowest BCUT2D eigenvalue weighted by Gasteiger charge is -2.35. The van der Waals surface area contributed by atoms with E-state index >= 15 is 0 Å². The van der Waals surface area contributed by atoms with E-state index in [2.05, 4.69) is 30.9 Å². The Morgan fingerprint density at radius 2 is 1.66 bits per heavy atom. The van der Waals surface area contributed by atoms with Gasteiger partial charge in [-0.05, 0) is 64.9 Å². The van der Waals surface area contributed by atoms with Crippen LogP contribution in [0.25, 0.3) is 42.4 Å². The molecule has 13 nitrogen and oxygen atoms in total. The molecule has 4 heterocycles. The molecule has 1 aliphatic heterocycles. The van der Waals surface area contributed by atoms with Crippen LogP contribution >= 0.6 is 22.7 Å². The SMILES string of the molecule is Cc1ncsc1-c1ccc(CNC(=O)[C@@H]2C[C@@H](O)CN2C(=O)C(NC(=O)COCCOCCNc2cc(-c3ccc(-c4nc5ccc(F)cc5s4)cc3)ccn2)C(C)(C)C)cc1. The number of fused-ring (bicyclic) bond motifs is 1. The van der Waals surface area contributed by atoms with E-state index in [-0.39, 0.29) is 51.1 Å². The third kappa shape index (κ3) is 11.2. The third-order valence-electron chi connectivity index (χ3n) is 10.4. The number of anilines is 1. The molecular weight excluding hydrogens is 830 g/mol. The maximum absolute atomic E-state index is 13.9. The van der Waals surface area contributed by atoms with Crippen LogP contribution in [0.4, 0.5) is 10.2 Å². The Labute approximate surface area is 367 Å². The molecule has 0 radical (unpaired) electrons. The molecule has 7 rings (SSSR count). The number of carbonyl (C=O) groups is 3. The smallest absolute Gasteiger partial charge is 0.246 e. The third-order valence-corrected chi connectivity index (χ3v) is 12.5. The van der Waals surface area contributed by atoms with E-state index in [0.29, 0.717) is 19.0 Å². The number of nitrogens with one attached hydrogen (secondary N) is 3. The highest BCUT2D eigenvalue weighted by atomic mass is 32.1. The fraction of sp³-hybridized carbons (Fsp3) is 0.348. The Morgan fingerprint density at radius 3 is 2.40 bits per heavy atom. The van der Waals surface area contributed by atoms with Crippen molar-refractivity contribution in [3.05, 3.63) is 108 Å². The van der Waals surface area contributed by atoms with E-state index in [1.54, 1.807) is 23.6 Å². The largest absolute Gasteiger partial charge is 0.391 e. The van der Waals surface area contributed by atoms with Crippen molar-refractivity contribution in [2.75, 3.05) is 44.8 Å². The van der Waals surface area contributed by atoms with Crippen molar-refractivity contribution < 1.29 is 33.4 Å². The summed E-state index contributed by atoms with van der Waals surface area (Å²) in [5.41, 5.74) is 7.76. The van der Waals surface area contributed by atoms with Crippen molar-refractivity contribution in [3.8, 4) is 32.1 Å². The summed E-state index contributed by atoms with van der Waals surface area (Å²) in [6, 6.07) is 22.6. The van der Waals surface area contributed by atoms with Crippen molar-refractivity contribution >= 4 is 56.4 Å². The zero-order valence-corrected chi connectivity index (χ0v) is 36.7. The maximum atomic E-state index is 13.9. The van der Waals surface area contributed by atoms with Crippen molar-refractivity contribution in [2.24, 2.45) is 5.41 Å². The molecule has 6 aromatic rings. The van der Waals surface area contributed by atoms with Gasteiger partial charge in [-0.1, -0.05) is 69.3 Å². The summed E-state index contributed by atoms with van der Waals surface area (Å²) in [5, 5.41) is 20.4. The van der Waals surface area contributed by atoms with Crippen molar-refractivity contribution in [1.82, 2.24) is 30.5 Å². The molecule has 62 heavy (non-hydrogen) atoms. The first kappa shape index (κ1) is 44.4. The fourth-order valence-electron chi connectivity index (χ4n) is 7.15. The average molecular weight is 880 g/mol. The monoisotopic (exact) mass is 879 g/mol. The Bertz CT molecular complexity index is 2490. The first-order chi connectivity index (χ1) is 29.8. The van der Waals surface area contributed by atoms with Crippen LogP contribution < -0.4 is 16.0 Å². The summed E-state index contributed by atoms with van der Waals surface area (Å²) in [4.78, 5) is 56.2. The first-order valence-electron chi connectivity index (χ1n) is 20.4. The van der Waals surface area contributed by atoms with Crippen molar-refractivity contribution in [2.45, 2.75) is 58.8 Å². The van der Waals surface area contributed by atoms with E-state index in [4.69, 9.17) is 9.47 Å². The number of carbonyl (C=O) groups excluding carboxylic acids is 3. The number of aryl methyl sites for hydroxylation is 1. The Hall–Kier alpha value is -5.65. The van der Waals surface area contributed by atoms with Gasteiger partial charge in [0.25, 0.3) is 0 Å². The molecule has 16 heteroatoms. The maximum Gasteiger partial charge on any atom is 0.246 e. The molecule has 1 saturated heterocycles. The van der Waals surface area contributed by atoms with Crippen molar-refractivity contribution in [3.63, 3.8) is 0 Å². The van der Waals surface area contributed by atoms with Crippen LogP contribution in [0.2, 0.25) is 0 Å². The van der Waals surface area contributed by atoms with Gasteiger partial charge in [0.1, 0.15) is 35.3 Å². The molecule has 3 amide bonds. The van der Waals surface area contributed by atoms with Gasteiger partial charge >= 0.3 is 0 Å². The second-order valence-electron chi connectivity index (χ2n) is 16.2. The summed E-state index contributed by atoms with van der Waals surface area (Å²) < 4.78 is 25.7. The minimum Gasteiger partial charge on any atom is -0.391 e. The van der Waals surface area contributed by atoms with Gasteiger partial charge in [0.2, 0.25) is 17.7 Å². The number of rotatable bonds is 17. The number of ether oxygens (including phenoxy) is 2. The van der Waals surface area contributed by atoms with Crippen LogP contribution in [-0.2, 0) is 30.4 Å². The van der Waals surface area contributed by atoms with Gasteiger partial charge in [-0.2, -0.15) is 0 Å². The zero-order valence-electron chi connectivity index (χ0n) is 35.0. The summed E-state index contributed by atoms with van der Waals surface area (Å²) >= 11 is 3.03. The van der Waals surface area contributed by atoms with Gasteiger partial charge in [-0.25, -0.2) is 19.3 Å². The standard InChI is InChI=1S/C46H50FN7O6S2/c1-28-41(61-27-51-28)31-7-5-29(6-8-31)24-50-43(57)37-23-35(55)25-54(37)45(58)42(46(2,3)4)53-40(56)26-60-20-19-59-18-17-49-39-21-33(15-16-48-39)30-9-11-32(12-10-30)44-52-36-14-13-34(47)22-38(36)62-44/h5-16,21-22,27,35,37,42,55H,17-20,23-26H2,1-4H3,(H,48,49)(H,50,57)(H,53,56)/t35-,37+,42?/m1/s1. The van der Waals surface area contributed by atoms with E-state index in [9.17, 15) is 23.9 Å². The molecule has 0 aliphatic carbocycles. The molecule has 3 atom stereocenters. The zero-order chi connectivity index (χ0) is 43.8. The fourth-order valence-corrected chi connectivity index (χ4v) is 8.96. The number of aromatic nitrogens is 3. The second-order valence-corrected chi connectivity index (χ2v) is 18.1. The number of aliphatic hydroxyl groups excluding tert-OH is 1. The van der Waals surface area contributed by atoms with Crippen LogP contribution in [0.3, 0.4) is 0 Å². The van der Waals surface area contributed by atoms with Gasteiger partial charge in [-0.3, -0.25) is 14.4 Å². The minimum atomic E-state index is -0.964. The van der Waals surface area contributed by atoms with E-state index in [1.807, 2.05) is 93.9 Å². The molecule has 3 aromatic heterocycles. The summed E-state index contributed by atoms with van der Waals surface area (Å²) in [5.74, 6) is -0.876. The lowest BCUT2D eigenvalue weighted by molar-refractivity contribution is -0.144.